The summed E-state index contributed by atoms with van der Waals surface area (Å²) in [6.07, 6.45) is 5.63. The normalized spacial score (nSPS) is 12.4. The van der Waals surface area contributed by atoms with E-state index in [1.165, 1.54) is 18.5 Å². The second kappa shape index (κ2) is 14.1. The molecule has 0 saturated heterocycles. The van der Waals surface area contributed by atoms with Crippen LogP contribution in [0.2, 0.25) is 0 Å². The van der Waals surface area contributed by atoms with Gasteiger partial charge in [0.15, 0.2) is 0 Å². The van der Waals surface area contributed by atoms with E-state index in [0.29, 0.717) is 26.4 Å². The van der Waals surface area contributed by atoms with Crippen molar-refractivity contribution in [3.05, 3.63) is 67.5 Å². The third kappa shape index (κ3) is 7.70. The average molecular weight is 532 g/mol. The fourth-order valence-corrected chi connectivity index (χ4v) is 2.96. The monoisotopic (exact) mass is 532 g/mol. The molecule has 6 nitrogen and oxygen atoms in total. The second-order valence-corrected chi connectivity index (χ2v) is 6.12. The van der Waals surface area contributed by atoms with Crippen molar-refractivity contribution in [2.45, 2.75) is 39.0 Å². The summed E-state index contributed by atoms with van der Waals surface area (Å²) >= 11 is 0. The molecule has 0 fully saturated rings. The summed E-state index contributed by atoms with van der Waals surface area (Å²) in [6.45, 7) is 10.4. The van der Waals surface area contributed by atoms with Gasteiger partial charge in [-0.2, -0.15) is 10.2 Å². The van der Waals surface area contributed by atoms with Crippen LogP contribution in [-0.2, 0) is 101 Å². The molecular weight excluding hydrogens is 506 g/mol. The van der Waals surface area contributed by atoms with Gasteiger partial charge in [0.25, 0.3) is 0 Å². The largest absolute Gasteiger partial charge is 0.407 e. The van der Waals surface area contributed by atoms with E-state index in [0.717, 1.165) is 29.9 Å². The van der Waals surface area contributed by atoms with Crippen LogP contribution in [0.25, 0.3) is 5.52 Å². The molecule has 146 valence electrons. The molecule has 3 aromatic heterocycles. The first kappa shape index (κ1) is 26.1. The molecule has 0 atom stereocenters. The summed E-state index contributed by atoms with van der Waals surface area (Å²) in [5, 5.41) is 8.77. The van der Waals surface area contributed by atoms with E-state index in [1.807, 2.05) is 35.0 Å². The first-order chi connectivity index (χ1) is 12.8. The third-order valence-electron chi connectivity index (χ3n) is 4.18. The predicted octanol–water partition coefficient (Wildman–Crippen LogP) is 3.25. The van der Waals surface area contributed by atoms with Crippen LogP contribution in [0.15, 0.2) is 36.5 Å². The van der Waals surface area contributed by atoms with Gasteiger partial charge in [-0.05, 0) is 43.5 Å². The van der Waals surface area contributed by atoms with Crippen molar-refractivity contribution in [1.82, 2.24) is 19.4 Å². The number of aromatic nitrogens is 4. The van der Waals surface area contributed by atoms with Crippen LogP contribution in [0.3, 0.4) is 0 Å². The Balaban J connectivity index is 0.000000261. The Labute approximate surface area is 217 Å². The number of fused-ring (bicyclic) bond motifs is 2. The average Bonchev–Trinajstić information content (AvgIpc) is 3.28. The third-order valence-corrected chi connectivity index (χ3v) is 4.18. The Hall–Kier alpha value is 0.0278. The van der Waals surface area contributed by atoms with Crippen molar-refractivity contribution in [2.75, 3.05) is 13.2 Å². The molecule has 0 aliphatic carbocycles. The molecular formula is C20H26N4O2Y2-2. The zero-order valence-electron chi connectivity index (χ0n) is 16.3. The zero-order valence-corrected chi connectivity index (χ0v) is 22.0. The van der Waals surface area contributed by atoms with E-state index in [1.54, 1.807) is 0 Å². The quantitative estimate of drug-likeness (QED) is 0.458. The molecule has 0 amide bonds. The Morgan fingerprint density at radius 1 is 0.929 bits per heavy atom. The molecule has 28 heavy (non-hydrogen) atoms. The molecule has 0 unspecified atom stereocenters. The van der Waals surface area contributed by atoms with Gasteiger partial charge >= 0.3 is 0 Å². The molecule has 8 heteroatoms. The van der Waals surface area contributed by atoms with E-state index in [9.17, 15) is 0 Å². The van der Waals surface area contributed by atoms with Crippen molar-refractivity contribution in [3.8, 4) is 0 Å². The molecule has 4 heterocycles. The van der Waals surface area contributed by atoms with Crippen molar-refractivity contribution in [1.29, 1.82) is 0 Å². The zero-order chi connectivity index (χ0) is 18.2. The Kier molecular flexibility index (Phi) is 13.1. The first-order valence-electron chi connectivity index (χ1n) is 9.03. The number of hydrogen-bond acceptors (Lipinski definition) is 4. The van der Waals surface area contributed by atoms with Gasteiger partial charge in [-0.1, -0.05) is 19.3 Å². The molecule has 2 radical (unpaired) electrons. The number of rotatable bonds is 6. The van der Waals surface area contributed by atoms with Crippen molar-refractivity contribution in [3.63, 3.8) is 0 Å². The predicted molar refractivity (Wildman–Crippen MR) is 100 cm³/mol. The van der Waals surface area contributed by atoms with Crippen molar-refractivity contribution in [2.24, 2.45) is 0 Å². The van der Waals surface area contributed by atoms with Gasteiger partial charge < -0.3 is 23.3 Å². The number of nitrogens with zero attached hydrogens (tertiary/aromatic N) is 4. The standard InChI is InChI=1S/C10H15N2O.C10H11N2O.2Y/c2*1-2-13-8-9-7-10-5-3-4-6-12(10)11-9;;/h7H,1-6,8H2;3-7H,1-2,8H2;;/q2*-1;;. The van der Waals surface area contributed by atoms with Crippen LogP contribution in [-0.4, -0.2) is 32.6 Å². The van der Waals surface area contributed by atoms with Crippen LogP contribution in [0.4, 0.5) is 0 Å². The van der Waals surface area contributed by atoms with E-state index in [2.05, 4.69) is 34.8 Å². The summed E-state index contributed by atoms with van der Waals surface area (Å²) in [6, 6.07) is 10.1. The minimum Gasteiger partial charge on any atom is -0.407 e. The maximum absolute atomic E-state index is 5.21. The Bertz CT molecular complexity index is 763. The topological polar surface area (TPSA) is 53.6 Å². The van der Waals surface area contributed by atoms with Crippen LogP contribution in [0.5, 0.6) is 0 Å². The maximum atomic E-state index is 5.21. The van der Waals surface area contributed by atoms with Crippen molar-refractivity contribution >= 4 is 5.52 Å². The molecule has 1 aliphatic rings. The van der Waals surface area contributed by atoms with Crippen LogP contribution in [0, 0.1) is 13.8 Å². The van der Waals surface area contributed by atoms with Crippen LogP contribution < -0.4 is 0 Å². The summed E-state index contributed by atoms with van der Waals surface area (Å²) in [5.74, 6) is 0. The van der Waals surface area contributed by atoms with E-state index in [-0.39, 0.29) is 65.4 Å². The van der Waals surface area contributed by atoms with E-state index in [4.69, 9.17) is 9.47 Å². The Morgan fingerprint density at radius 3 is 2.29 bits per heavy atom. The van der Waals surface area contributed by atoms with Gasteiger partial charge in [0.05, 0.1) is 30.1 Å². The summed E-state index contributed by atoms with van der Waals surface area (Å²) in [4.78, 5) is 0. The number of aryl methyl sites for hydroxylation is 2. The van der Waals surface area contributed by atoms with Gasteiger partial charge in [0.1, 0.15) is 0 Å². The van der Waals surface area contributed by atoms with E-state index < -0.39 is 0 Å². The molecule has 0 aromatic carbocycles. The SMILES string of the molecule is [CH2-]COCc1cc2ccccn2n1.[CH2-]COCc1cc2n(n1)CCCC2.[Y].[Y]. The minimum atomic E-state index is 0. The fourth-order valence-electron chi connectivity index (χ4n) is 2.96. The van der Waals surface area contributed by atoms with Gasteiger partial charge in [-0.15, -0.1) is 0 Å². The van der Waals surface area contributed by atoms with Gasteiger partial charge in [-0.25, -0.2) is 4.52 Å². The summed E-state index contributed by atoms with van der Waals surface area (Å²) in [5.41, 5.74) is 4.43. The number of pyridine rings is 1. The van der Waals surface area contributed by atoms with Crippen LogP contribution >= 0.6 is 0 Å². The molecule has 1 aliphatic heterocycles. The number of hydrogen-bond donors (Lipinski definition) is 0. The molecule has 3 aromatic rings. The van der Waals surface area contributed by atoms with Gasteiger partial charge in [0, 0.05) is 83.9 Å². The van der Waals surface area contributed by atoms with Crippen molar-refractivity contribution < 1.29 is 74.9 Å². The minimum absolute atomic E-state index is 0. The maximum Gasteiger partial charge on any atom is 0.0890 e. The smallest absolute Gasteiger partial charge is 0.0890 e. The first-order valence-corrected chi connectivity index (χ1v) is 9.03. The molecule has 0 bridgehead atoms. The summed E-state index contributed by atoms with van der Waals surface area (Å²) in [7, 11) is 0. The second-order valence-electron chi connectivity index (χ2n) is 6.12. The number of ether oxygens (including phenoxy) is 2. The fraction of sp³-hybridized carbons (Fsp3) is 0.400. The molecule has 0 N–H and O–H groups in total. The van der Waals surface area contributed by atoms with Gasteiger partial charge in [0.2, 0.25) is 0 Å². The summed E-state index contributed by atoms with van der Waals surface area (Å²) < 4.78 is 14.3. The molecule has 0 saturated carbocycles. The Morgan fingerprint density at radius 2 is 1.64 bits per heavy atom. The van der Waals surface area contributed by atoms with Crippen LogP contribution in [0.1, 0.15) is 29.9 Å². The van der Waals surface area contributed by atoms with E-state index >= 15 is 0 Å². The molecule has 4 rings (SSSR count). The molecule has 0 spiro atoms. The van der Waals surface area contributed by atoms with Gasteiger partial charge in [-0.3, -0.25) is 4.68 Å².